The lowest BCUT2D eigenvalue weighted by atomic mass is 9.98. The third kappa shape index (κ3) is 6.11. The van der Waals surface area contributed by atoms with Crippen molar-refractivity contribution < 1.29 is 19.4 Å². The summed E-state index contributed by atoms with van der Waals surface area (Å²) in [5.41, 5.74) is 3.33. The highest BCUT2D eigenvalue weighted by Gasteiger charge is 2.25. The molecule has 3 aromatic rings. The molecular weight excluding hydrogens is 470 g/mol. The van der Waals surface area contributed by atoms with E-state index in [1.807, 2.05) is 39.0 Å². The van der Waals surface area contributed by atoms with Crippen molar-refractivity contribution in [2.24, 2.45) is 0 Å². The number of morpholine rings is 1. The molecule has 0 radical (unpaired) electrons. The van der Waals surface area contributed by atoms with E-state index in [1.165, 1.54) is 5.56 Å². The maximum absolute atomic E-state index is 12.9. The van der Waals surface area contributed by atoms with Crippen molar-refractivity contribution in [2.45, 2.75) is 53.2 Å². The van der Waals surface area contributed by atoms with Crippen LogP contribution in [0.15, 0.2) is 36.4 Å². The normalized spacial score (nSPS) is 14.4. The summed E-state index contributed by atoms with van der Waals surface area (Å²) in [6.45, 7) is 14.5. The van der Waals surface area contributed by atoms with Crippen LogP contribution in [0.2, 0.25) is 0 Å². The van der Waals surface area contributed by atoms with Crippen LogP contribution in [0.4, 0.5) is 0 Å². The van der Waals surface area contributed by atoms with Gasteiger partial charge in [0, 0.05) is 37.9 Å². The number of phenolic OH excluding ortho intramolecular Hbond substituents is 1. The number of rotatable bonds is 9. The smallest absolute Gasteiger partial charge is 0.289 e. The van der Waals surface area contributed by atoms with E-state index in [0.29, 0.717) is 23.7 Å². The van der Waals surface area contributed by atoms with Gasteiger partial charge < -0.3 is 19.9 Å². The van der Waals surface area contributed by atoms with Gasteiger partial charge in [-0.3, -0.25) is 14.3 Å². The molecule has 4 rings (SSSR count). The van der Waals surface area contributed by atoms with E-state index < -0.39 is 0 Å². The molecule has 198 valence electrons. The summed E-state index contributed by atoms with van der Waals surface area (Å²) in [5, 5.41) is 22.4. The first-order valence-electron chi connectivity index (χ1n) is 12.9. The fourth-order valence-corrected chi connectivity index (χ4v) is 4.43. The molecule has 0 spiro atoms. The molecule has 9 heteroatoms. The second-order valence-corrected chi connectivity index (χ2v) is 9.83. The number of nitrogens with zero attached hydrogens (tertiary/aromatic N) is 4. The Morgan fingerprint density at radius 3 is 2.43 bits per heavy atom. The largest absolute Gasteiger partial charge is 0.507 e. The lowest BCUT2D eigenvalue weighted by Crippen LogP contribution is -2.35. The lowest BCUT2D eigenvalue weighted by Gasteiger charge is -2.26. The average molecular weight is 508 g/mol. The summed E-state index contributed by atoms with van der Waals surface area (Å²) in [6, 6.07) is 11.5. The zero-order valence-electron chi connectivity index (χ0n) is 22.3. The second-order valence-electron chi connectivity index (χ2n) is 9.83. The van der Waals surface area contributed by atoms with E-state index in [9.17, 15) is 9.90 Å². The number of aromatic nitrogens is 3. The Morgan fingerprint density at radius 2 is 1.81 bits per heavy atom. The number of hydrogen-bond donors (Lipinski definition) is 2. The van der Waals surface area contributed by atoms with Crippen molar-refractivity contribution >= 4 is 5.91 Å². The number of hydrogen-bond acceptors (Lipinski definition) is 7. The van der Waals surface area contributed by atoms with Gasteiger partial charge in [-0.2, -0.15) is 0 Å². The molecule has 1 fully saturated rings. The van der Waals surface area contributed by atoms with Gasteiger partial charge in [-0.15, -0.1) is 10.2 Å². The molecule has 0 saturated carbocycles. The number of nitrogens with one attached hydrogen (secondary N) is 1. The van der Waals surface area contributed by atoms with Crippen molar-refractivity contribution in [3.05, 3.63) is 53.3 Å². The number of benzene rings is 2. The molecule has 0 aliphatic carbocycles. The molecule has 2 aromatic carbocycles. The van der Waals surface area contributed by atoms with Crippen LogP contribution in [0.25, 0.3) is 17.1 Å². The number of carbonyl (C=O) groups is 1. The summed E-state index contributed by atoms with van der Waals surface area (Å²) in [6.07, 6.45) is -0.0354. The maximum atomic E-state index is 12.9. The van der Waals surface area contributed by atoms with E-state index in [0.717, 1.165) is 44.1 Å². The van der Waals surface area contributed by atoms with E-state index in [4.69, 9.17) is 9.47 Å². The molecule has 2 N–H and O–H groups in total. The van der Waals surface area contributed by atoms with Crippen molar-refractivity contribution in [2.75, 3.05) is 32.8 Å². The number of amides is 1. The van der Waals surface area contributed by atoms with Crippen LogP contribution >= 0.6 is 0 Å². The Bertz CT molecular complexity index is 1210. The Kier molecular flexibility index (Phi) is 8.45. The molecule has 0 unspecified atom stereocenters. The third-order valence-corrected chi connectivity index (χ3v) is 6.26. The fourth-order valence-electron chi connectivity index (χ4n) is 4.43. The monoisotopic (exact) mass is 507 g/mol. The predicted molar refractivity (Wildman–Crippen MR) is 142 cm³/mol. The third-order valence-electron chi connectivity index (χ3n) is 6.26. The second kappa shape index (κ2) is 11.7. The highest BCUT2D eigenvalue weighted by Crippen LogP contribution is 2.39. The zero-order chi connectivity index (χ0) is 26.5. The molecule has 37 heavy (non-hydrogen) atoms. The van der Waals surface area contributed by atoms with Crippen molar-refractivity contribution in [3.8, 4) is 28.6 Å². The molecule has 1 aliphatic rings. The number of ether oxygens (including phenoxy) is 2. The molecule has 1 saturated heterocycles. The van der Waals surface area contributed by atoms with Gasteiger partial charge in [0.05, 0.1) is 24.9 Å². The quantitative estimate of drug-likeness (QED) is 0.449. The van der Waals surface area contributed by atoms with E-state index in [-0.39, 0.29) is 29.5 Å². The molecule has 1 aromatic heterocycles. The molecule has 1 amide bonds. The Labute approximate surface area is 218 Å². The number of carbonyl (C=O) groups excluding carboxylic acids is 1. The van der Waals surface area contributed by atoms with Crippen LogP contribution in [-0.4, -0.2) is 69.6 Å². The van der Waals surface area contributed by atoms with Crippen LogP contribution in [0.3, 0.4) is 0 Å². The topological polar surface area (TPSA) is 102 Å². The molecule has 9 nitrogen and oxygen atoms in total. The molecule has 1 aliphatic heterocycles. The summed E-state index contributed by atoms with van der Waals surface area (Å²) >= 11 is 0. The van der Waals surface area contributed by atoms with Crippen LogP contribution < -0.4 is 10.1 Å². The predicted octanol–water partition coefficient (Wildman–Crippen LogP) is 4.13. The first-order valence-corrected chi connectivity index (χ1v) is 12.9. The lowest BCUT2D eigenvalue weighted by molar-refractivity contribution is 0.0342. The molecular formula is C28H37N5O4. The maximum Gasteiger partial charge on any atom is 0.289 e. The van der Waals surface area contributed by atoms with Gasteiger partial charge >= 0.3 is 0 Å². The van der Waals surface area contributed by atoms with Gasteiger partial charge in [0.15, 0.2) is 5.82 Å². The highest BCUT2D eigenvalue weighted by atomic mass is 16.5. The summed E-state index contributed by atoms with van der Waals surface area (Å²) in [4.78, 5) is 15.3. The molecule has 2 heterocycles. The average Bonchev–Trinajstić information content (AvgIpc) is 3.30. The number of aromatic hydroxyl groups is 1. The highest BCUT2D eigenvalue weighted by molar-refractivity contribution is 5.92. The van der Waals surface area contributed by atoms with Crippen LogP contribution in [0.5, 0.6) is 11.5 Å². The van der Waals surface area contributed by atoms with Crippen molar-refractivity contribution in [1.82, 2.24) is 25.0 Å². The van der Waals surface area contributed by atoms with E-state index in [1.54, 1.807) is 10.6 Å². The Balaban J connectivity index is 1.77. The molecule has 0 atom stereocenters. The minimum Gasteiger partial charge on any atom is -0.507 e. The minimum atomic E-state index is -0.332. The number of phenols is 1. The SMILES string of the molecule is CCNC(=O)c1nnc(-c2cc(C(C)C)c(OC(C)C)cc2O)n1-c1ccc(CN2CCOCC2)cc1. The van der Waals surface area contributed by atoms with Crippen LogP contribution in [0.1, 0.15) is 62.3 Å². The van der Waals surface area contributed by atoms with Gasteiger partial charge in [-0.1, -0.05) is 26.0 Å². The van der Waals surface area contributed by atoms with Crippen molar-refractivity contribution in [1.29, 1.82) is 0 Å². The van der Waals surface area contributed by atoms with E-state index >= 15 is 0 Å². The summed E-state index contributed by atoms with van der Waals surface area (Å²) < 4.78 is 13.1. The van der Waals surface area contributed by atoms with E-state index in [2.05, 4.69) is 46.4 Å². The van der Waals surface area contributed by atoms with Crippen LogP contribution in [0, 0.1) is 0 Å². The summed E-state index contributed by atoms with van der Waals surface area (Å²) in [7, 11) is 0. The van der Waals surface area contributed by atoms with Gasteiger partial charge in [-0.25, -0.2) is 0 Å². The minimum absolute atomic E-state index is 0.0140. The zero-order valence-corrected chi connectivity index (χ0v) is 22.3. The van der Waals surface area contributed by atoms with Gasteiger partial charge in [-0.05, 0) is 56.0 Å². The Hall–Kier alpha value is -3.43. The van der Waals surface area contributed by atoms with Crippen molar-refractivity contribution in [3.63, 3.8) is 0 Å². The molecule has 0 bridgehead atoms. The standard InChI is InChI=1S/C28H37N5O4/c1-6-29-28(35)27-31-30-26(23-15-22(18(2)3)25(16-24(23)34)37-19(4)5)33(27)21-9-7-20(8-10-21)17-32-11-13-36-14-12-32/h7-10,15-16,18-19,34H,6,11-14,17H2,1-5H3,(H,29,35). The van der Waals surface area contributed by atoms with Gasteiger partial charge in [0.2, 0.25) is 5.82 Å². The Morgan fingerprint density at radius 1 is 1.11 bits per heavy atom. The fraction of sp³-hybridized carbons (Fsp3) is 0.464. The van der Waals surface area contributed by atoms with Gasteiger partial charge in [0.25, 0.3) is 5.91 Å². The van der Waals surface area contributed by atoms with Crippen LogP contribution in [-0.2, 0) is 11.3 Å². The first-order chi connectivity index (χ1) is 17.8. The van der Waals surface area contributed by atoms with Gasteiger partial charge in [0.1, 0.15) is 11.5 Å². The first kappa shape index (κ1) is 26.6. The summed E-state index contributed by atoms with van der Waals surface area (Å²) in [5.74, 6) is 1.01.